The molecule has 126 valence electrons. The lowest BCUT2D eigenvalue weighted by atomic mass is 9.83. The maximum atomic E-state index is 12.9. The molecule has 23 heavy (non-hydrogen) atoms. The van der Waals surface area contributed by atoms with Crippen molar-refractivity contribution >= 4 is 5.95 Å². The van der Waals surface area contributed by atoms with Gasteiger partial charge in [0.1, 0.15) is 5.60 Å². The average Bonchev–Trinajstić information content (AvgIpc) is 2.56. The predicted octanol–water partition coefficient (Wildman–Crippen LogP) is 2.09. The molecule has 3 aliphatic heterocycles. The Morgan fingerprint density at radius 1 is 1.17 bits per heavy atom. The highest BCUT2D eigenvalue weighted by molar-refractivity contribution is 5.37. The van der Waals surface area contributed by atoms with E-state index in [1.807, 2.05) is 0 Å². The summed E-state index contributed by atoms with van der Waals surface area (Å²) in [7, 11) is 0. The van der Waals surface area contributed by atoms with Gasteiger partial charge in [-0.1, -0.05) is 6.42 Å². The van der Waals surface area contributed by atoms with E-state index in [4.69, 9.17) is 4.74 Å². The van der Waals surface area contributed by atoms with Crippen LogP contribution in [0.5, 0.6) is 0 Å². The van der Waals surface area contributed by atoms with E-state index in [9.17, 15) is 4.39 Å². The molecule has 1 aromatic rings. The fourth-order valence-electron chi connectivity index (χ4n) is 4.08. The minimum absolute atomic E-state index is 0.0177. The first-order chi connectivity index (χ1) is 11.2. The minimum Gasteiger partial charge on any atom is -0.371 e. The number of halogens is 1. The van der Waals surface area contributed by atoms with Crippen molar-refractivity contribution in [1.29, 1.82) is 0 Å². The Morgan fingerprint density at radius 2 is 1.91 bits per heavy atom. The molecule has 1 spiro atoms. The molecule has 0 aliphatic carbocycles. The van der Waals surface area contributed by atoms with Gasteiger partial charge < -0.3 is 14.5 Å². The van der Waals surface area contributed by atoms with Gasteiger partial charge in [-0.15, -0.1) is 0 Å². The highest BCUT2D eigenvalue weighted by Crippen LogP contribution is 2.37. The number of hydrogen-bond donors (Lipinski definition) is 0. The third-order valence-corrected chi connectivity index (χ3v) is 5.45. The van der Waals surface area contributed by atoms with Crippen molar-refractivity contribution in [1.82, 2.24) is 14.9 Å². The number of hydrogen-bond acceptors (Lipinski definition) is 5. The van der Waals surface area contributed by atoms with Gasteiger partial charge in [-0.25, -0.2) is 14.4 Å². The van der Waals surface area contributed by atoms with Crippen molar-refractivity contribution in [3.05, 3.63) is 18.2 Å². The number of rotatable bonds is 3. The third kappa shape index (κ3) is 3.33. The van der Waals surface area contributed by atoms with E-state index in [-0.39, 0.29) is 5.60 Å². The maximum Gasteiger partial charge on any atom is 0.225 e. The Balaban J connectivity index is 1.25. The second-order valence-corrected chi connectivity index (χ2v) is 7.32. The van der Waals surface area contributed by atoms with Gasteiger partial charge in [-0.05, 0) is 44.7 Å². The quantitative estimate of drug-likeness (QED) is 0.853. The smallest absolute Gasteiger partial charge is 0.225 e. The van der Waals surface area contributed by atoms with Crippen molar-refractivity contribution in [2.75, 3.05) is 44.2 Å². The summed E-state index contributed by atoms with van der Waals surface area (Å²) >= 11 is 0. The average molecular weight is 320 g/mol. The van der Waals surface area contributed by atoms with E-state index in [2.05, 4.69) is 19.8 Å². The minimum atomic E-state index is -0.390. The van der Waals surface area contributed by atoms with Crippen molar-refractivity contribution in [2.24, 2.45) is 5.92 Å². The Hall–Kier alpha value is -1.27. The van der Waals surface area contributed by atoms with Crippen LogP contribution in [0.15, 0.2) is 12.4 Å². The summed E-state index contributed by atoms with van der Waals surface area (Å²) < 4.78 is 19.1. The van der Waals surface area contributed by atoms with Gasteiger partial charge in [0.15, 0.2) is 5.82 Å². The summed E-state index contributed by atoms with van der Waals surface area (Å²) in [5, 5.41) is 0. The van der Waals surface area contributed by atoms with Crippen LogP contribution in [0.25, 0.3) is 0 Å². The molecule has 0 bridgehead atoms. The van der Waals surface area contributed by atoms with E-state index in [0.717, 1.165) is 26.1 Å². The Kier molecular flexibility index (Phi) is 4.20. The zero-order valence-corrected chi connectivity index (χ0v) is 13.6. The molecule has 5 nitrogen and oxygen atoms in total. The molecule has 4 heterocycles. The second-order valence-electron chi connectivity index (χ2n) is 7.32. The number of piperidine rings is 1. The van der Waals surface area contributed by atoms with Crippen LogP contribution < -0.4 is 4.90 Å². The highest BCUT2D eigenvalue weighted by atomic mass is 19.1. The van der Waals surface area contributed by atoms with Crippen molar-refractivity contribution in [3.63, 3.8) is 0 Å². The number of anilines is 1. The molecule has 1 unspecified atom stereocenters. The van der Waals surface area contributed by atoms with Crippen molar-refractivity contribution < 1.29 is 9.13 Å². The van der Waals surface area contributed by atoms with Crippen LogP contribution in [0.4, 0.5) is 10.3 Å². The maximum absolute atomic E-state index is 12.9. The van der Waals surface area contributed by atoms with Crippen LogP contribution >= 0.6 is 0 Å². The van der Waals surface area contributed by atoms with Gasteiger partial charge in [0, 0.05) is 6.54 Å². The molecular formula is C17H25FN4O. The molecule has 3 aliphatic rings. The number of ether oxygens (including phenoxy) is 1. The normalized spacial score (nSPS) is 27.9. The number of likely N-dealkylation sites (tertiary alicyclic amines) is 1. The highest BCUT2D eigenvalue weighted by Gasteiger charge is 2.47. The first-order valence-electron chi connectivity index (χ1n) is 8.81. The van der Waals surface area contributed by atoms with Gasteiger partial charge in [-0.2, -0.15) is 0 Å². The third-order valence-electron chi connectivity index (χ3n) is 5.45. The van der Waals surface area contributed by atoms with Gasteiger partial charge in [0.2, 0.25) is 5.95 Å². The Labute approximate surface area is 136 Å². The lowest BCUT2D eigenvalue weighted by Crippen LogP contribution is -2.65. The number of aromatic nitrogens is 2. The molecular weight excluding hydrogens is 295 g/mol. The van der Waals surface area contributed by atoms with Gasteiger partial charge in [0.25, 0.3) is 0 Å². The standard InChI is InChI=1S/C17H25FN4O/c18-15-8-19-16(20-9-15)22-12-17(13-22)5-4-14(11-23-17)10-21-6-2-1-3-7-21/h8-9,14H,1-7,10-13H2. The summed E-state index contributed by atoms with van der Waals surface area (Å²) in [6.45, 7) is 6.24. The SMILES string of the molecule is Fc1cnc(N2CC3(CCC(CN4CCCCC4)CO3)C2)nc1. The van der Waals surface area contributed by atoms with E-state index < -0.39 is 5.82 Å². The monoisotopic (exact) mass is 320 g/mol. The van der Waals surface area contributed by atoms with Crippen LogP contribution in [0, 0.1) is 11.7 Å². The summed E-state index contributed by atoms with van der Waals surface area (Å²) in [4.78, 5) is 12.8. The Morgan fingerprint density at radius 3 is 2.57 bits per heavy atom. The largest absolute Gasteiger partial charge is 0.371 e. The van der Waals surface area contributed by atoms with E-state index in [1.54, 1.807) is 0 Å². The molecule has 0 aromatic carbocycles. The Bertz CT molecular complexity index is 516. The van der Waals surface area contributed by atoms with Gasteiger partial charge in [0.05, 0.1) is 32.1 Å². The summed E-state index contributed by atoms with van der Waals surface area (Å²) in [5.74, 6) is 0.893. The molecule has 0 amide bonds. The first-order valence-corrected chi connectivity index (χ1v) is 8.81. The molecule has 4 rings (SSSR count). The molecule has 0 N–H and O–H groups in total. The predicted molar refractivity (Wildman–Crippen MR) is 85.9 cm³/mol. The molecule has 0 saturated carbocycles. The fraction of sp³-hybridized carbons (Fsp3) is 0.765. The van der Waals surface area contributed by atoms with Crippen LogP contribution in [-0.2, 0) is 4.74 Å². The summed E-state index contributed by atoms with van der Waals surface area (Å²) in [5.41, 5.74) is -0.0177. The lowest BCUT2D eigenvalue weighted by Gasteiger charge is -2.53. The van der Waals surface area contributed by atoms with Crippen LogP contribution in [0.1, 0.15) is 32.1 Å². The van der Waals surface area contributed by atoms with Crippen LogP contribution in [-0.4, -0.2) is 59.8 Å². The van der Waals surface area contributed by atoms with Crippen LogP contribution in [0.2, 0.25) is 0 Å². The molecule has 6 heteroatoms. The van der Waals surface area contributed by atoms with Crippen LogP contribution in [0.3, 0.4) is 0 Å². The van der Waals surface area contributed by atoms with Crippen molar-refractivity contribution in [2.45, 2.75) is 37.7 Å². The molecule has 1 aromatic heterocycles. The lowest BCUT2D eigenvalue weighted by molar-refractivity contribution is -0.120. The van der Waals surface area contributed by atoms with E-state index in [1.165, 1.54) is 57.7 Å². The van der Waals surface area contributed by atoms with Gasteiger partial charge in [-0.3, -0.25) is 0 Å². The van der Waals surface area contributed by atoms with E-state index >= 15 is 0 Å². The number of nitrogens with zero attached hydrogens (tertiary/aromatic N) is 4. The molecule has 1 atom stereocenters. The summed E-state index contributed by atoms with van der Waals surface area (Å²) in [6.07, 6.45) is 8.90. The first kappa shape index (κ1) is 15.3. The van der Waals surface area contributed by atoms with Crippen molar-refractivity contribution in [3.8, 4) is 0 Å². The van der Waals surface area contributed by atoms with E-state index in [0.29, 0.717) is 11.9 Å². The molecule has 3 fully saturated rings. The molecule has 0 radical (unpaired) electrons. The zero-order valence-electron chi connectivity index (χ0n) is 13.6. The second kappa shape index (κ2) is 6.32. The zero-order chi connectivity index (χ0) is 15.7. The molecule has 3 saturated heterocycles. The topological polar surface area (TPSA) is 41.5 Å². The summed E-state index contributed by atoms with van der Waals surface area (Å²) in [6, 6.07) is 0. The van der Waals surface area contributed by atoms with Gasteiger partial charge >= 0.3 is 0 Å². The fourth-order valence-corrected chi connectivity index (χ4v) is 4.08.